The molecule has 0 heterocycles. The van der Waals surface area contributed by atoms with E-state index in [1.807, 2.05) is 24.3 Å². The summed E-state index contributed by atoms with van der Waals surface area (Å²) in [4.78, 5) is 0. The van der Waals surface area contributed by atoms with Crippen LogP contribution < -0.4 is 0 Å². The molecule has 0 fully saturated rings. The molecule has 0 saturated carbocycles. The zero-order valence-electron chi connectivity index (χ0n) is 9.17. The smallest absolute Gasteiger partial charge is 0.0740 e. The molecular formula is C15H11NO. The largest absolute Gasteiger partial charge is 0.411 e. The molecule has 0 unspecified atom stereocenters. The lowest BCUT2D eigenvalue weighted by Crippen LogP contribution is -1.85. The first kappa shape index (κ1) is 9.85. The highest BCUT2D eigenvalue weighted by molar-refractivity contribution is 6.12. The van der Waals surface area contributed by atoms with Gasteiger partial charge < -0.3 is 5.21 Å². The van der Waals surface area contributed by atoms with Crippen LogP contribution in [-0.2, 0) is 0 Å². The molecule has 0 radical (unpaired) electrons. The summed E-state index contributed by atoms with van der Waals surface area (Å²) < 4.78 is 0. The fourth-order valence-electron chi connectivity index (χ4n) is 2.24. The van der Waals surface area contributed by atoms with Gasteiger partial charge in [0.2, 0.25) is 0 Å². The van der Waals surface area contributed by atoms with Gasteiger partial charge >= 0.3 is 0 Å². The number of oxime groups is 1. The van der Waals surface area contributed by atoms with Crippen molar-refractivity contribution in [1.29, 1.82) is 0 Å². The molecule has 0 aliphatic carbocycles. The summed E-state index contributed by atoms with van der Waals surface area (Å²) in [6.45, 7) is 0. The lowest BCUT2D eigenvalue weighted by Gasteiger charge is -2.05. The standard InChI is InChI=1S/C15H11NO/c17-16-10-12-5-3-7-15-13-6-2-1-4-11(13)8-9-14(12)15/h1-10,17H. The summed E-state index contributed by atoms with van der Waals surface area (Å²) in [6.07, 6.45) is 1.47. The van der Waals surface area contributed by atoms with Crippen LogP contribution in [0.4, 0.5) is 0 Å². The molecule has 82 valence electrons. The van der Waals surface area contributed by atoms with Crippen LogP contribution >= 0.6 is 0 Å². The van der Waals surface area contributed by atoms with Gasteiger partial charge in [-0.1, -0.05) is 59.8 Å². The van der Waals surface area contributed by atoms with Gasteiger partial charge in [0.1, 0.15) is 0 Å². The molecule has 0 atom stereocenters. The van der Waals surface area contributed by atoms with Crippen molar-refractivity contribution >= 4 is 27.8 Å². The minimum Gasteiger partial charge on any atom is -0.411 e. The first-order chi connectivity index (χ1) is 8.40. The van der Waals surface area contributed by atoms with E-state index < -0.39 is 0 Å². The quantitative estimate of drug-likeness (QED) is 0.288. The number of fused-ring (bicyclic) bond motifs is 3. The van der Waals surface area contributed by atoms with Gasteiger partial charge in [0.25, 0.3) is 0 Å². The van der Waals surface area contributed by atoms with Gasteiger partial charge in [0.05, 0.1) is 6.21 Å². The summed E-state index contributed by atoms with van der Waals surface area (Å²) >= 11 is 0. The number of hydrogen-bond donors (Lipinski definition) is 1. The van der Waals surface area contributed by atoms with E-state index in [4.69, 9.17) is 5.21 Å². The van der Waals surface area contributed by atoms with E-state index in [9.17, 15) is 0 Å². The highest BCUT2D eigenvalue weighted by Crippen LogP contribution is 2.26. The van der Waals surface area contributed by atoms with Crippen LogP contribution in [0.5, 0.6) is 0 Å². The van der Waals surface area contributed by atoms with Gasteiger partial charge in [-0.3, -0.25) is 0 Å². The first-order valence-corrected chi connectivity index (χ1v) is 5.48. The maximum Gasteiger partial charge on any atom is 0.0740 e. The molecule has 0 saturated heterocycles. The van der Waals surface area contributed by atoms with Crippen LogP contribution in [0.2, 0.25) is 0 Å². The van der Waals surface area contributed by atoms with E-state index in [0.29, 0.717) is 0 Å². The van der Waals surface area contributed by atoms with Gasteiger partial charge in [0, 0.05) is 5.56 Å². The molecule has 0 aliphatic rings. The van der Waals surface area contributed by atoms with Gasteiger partial charge in [-0.2, -0.15) is 0 Å². The highest BCUT2D eigenvalue weighted by Gasteiger charge is 2.02. The van der Waals surface area contributed by atoms with Crippen molar-refractivity contribution in [1.82, 2.24) is 0 Å². The maximum atomic E-state index is 8.66. The summed E-state index contributed by atoms with van der Waals surface area (Å²) in [6, 6.07) is 18.4. The summed E-state index contributed by atoms with van der Waals surface area (Å²) in [5.41, 5.74) is 0.927. The maximum absolute atomic E-state index is 8.66. The minimum absolute atomic E-state index is 0.927. The second-order valence-corrected chi connectivity index (χ2v) is 3.97. The molecule has 1 N–H and O–H groups in total. The Morgan fingerprint density at radius 3 is 2.47 bits per heavy atom. The Morgan fingerprint density at radius 2 is 1.59 bits per heavy atom. The van der Waals surface area contributed by atoms with Crippen LogP contribution in [0.1, 0.15) is 5.56 Å². The molecule has 3 rings (SSSR count). The van der Waals surface area contributed by atoms with Gasteiger partial charge in [-0.05, 0) is 21.5 Å². The normalized spacial score (nSPS) is 11.5. The minimum atomic E-state index is 0.927. The lowest BCUT2D eigenvalue weighted by atomic mass is 9.99. The molecule has 3 aromatic rings. The summed E-state index contributed by atoms with van der Waals surface area (Å²) in [5, 5.41) is 16.5. The van der Waals surface area contributed by atoms with Crippen LogP contribution in [0.3, 0.4) is 0 Å². The highest BCUT2D eigenvalue weighted by atomic mass is 16.4. The average Bonchev–Trinajstić information content (AvgIpc) is 2.39. The van der Waals surface area contributed by atoms with Crippen molar-refractivity contribution in [2.45, 2.75) is 0 Å². The Balaban J connectivity index is 2.48. The number of rotatable bonds is 1. The summed E-state index contributed by atoms with van der Waals surface area (Å²) in [5.74, 6) is 0. The number of benzene rings is 3. The molecule has 0 bridgehead atoms. The third-order valence-corrected chi connectivity index (χ3v) is 3.02. The SMILES string of the molecule is ON=Cc1cccc2c1ccc1ccccc12. The molecule has 2 nitrogen and oxygen atoms in total. The van der Waals surface area contributed by atoms with E-state index in [1.165, 1.54) is 22.4 Å². The molecule has 0 aliphatic heterocycles. The predicted octanol–water partition coefficient (Wildman–Crippen LogP) is 3.80. The molecule has 0 aromatic heterocycles. The number of hydrogen-bond acceptors (Lipinski definition) is 2. The molecular weight excluding hydrogens is 210 g/mol. The zero-order chi connectivity index (χ0) is 11.7. The second-order valence-electron chi connectivity index (χ2n) is 3.97. The van der Waals surface area contributed by atoms with E-state index in [0.717, 1.165) is 10.9 Å². The third kappa shape index (κ3) is 1.54. The lowest BCUT2D eigenvalue weighted by molar-refractivity contribution is 0.322. The van der Waals surface area contributed by atoms with Crippen molar-refractivity contribution in [3.8, 4) is 0 Å². The Morgan fingerprint density at radius 1 is 0.765 bits per heavy atom. The van der Waals surface area contributed by atoms with Crippen LogP contribution in [0, 0.1) is 0 Å². The van der Waals surface area contributed by atoms with Crippen LogP contribution in [-0.4, -0.2) is 11.4 Å². The Labute approximate surface area is 98.8 Å². The van der Waals surface area contributed by atoms with Gasteiger partial charge in [-0.25, -0.2) is 0 Å². The zero-order valence-corrected chi connectivity index (χ0v) is 9.17. The van der Waals surface area contributed by atoms with E-state index in [2.05, 4.69) is 35.5 Å². The molecule has 3 aromatic carbocycles. The van der Waals surface area contributed by atoms with E-state index in [1.54, 1.807) is 0 Å². The first-order valence-electron chi connectivity index (χ1n) is 5.48. The fourth-order valence-corrected chi connectivity index (χ4v) is 2.24. The van der Waals surface area contributed by atoms with E-state index >= 15 is 0 Å². The topological polar surface area (TPSA) is 32.6 Å². The van der Waals surface area contributed by atoms with Crippen molar-refractivity contribution in [2.24, 2.45) is 5.16 Å². The Kier molecular flexibility index (Phi) is 2.26. The van der Waals surface area contributed by atoms with E-state index in [-0.39, 0.29) is 0 Å². The fraction of sp³-hybridized carbons (Fsp3) is 0. The monoisotopic (exact) mass is 221 g/mol. The van der Waals surface area contributed by atoms with Crippen molar-refractivity contribution < 1.29 is 5.21 Å². The van der Waals surface area contributed by atoms with Crippen molar-refractivity contribution in [3.05, 3.63) is 60.2 Å². The molecule has 0 spiro atoms. The van der Waals surface area contributed by atoms with Gasteiger partial charge in [-0.15, -0.1) is 0 Å². The average molecular weight is 221 g/mol. The van der Waals surface area contributed by atoms with Crippen LogP contribution in [0.25, 0.3) is 21.5 Å². The Bertz CT molecular complexity index is 716. The number of nitrogens with zero attached hydrogens (tertiary/aromatic N) is 1. The summed E-state index contributed by atoms with van der Waals surface area (Å²) in [7, 11) is 0. The van der Waals surface area contributed by atoms with Gasteiger partial charge in [0.15, 0.2) is 0 Å². The Hall–Kier alpha value is -2.35. The van der Waals surface area contributed by atoms with Crippen LogP contribution in [0.15, 0.2) is 59.8 Å². The van der Waals surface area contributed by atoms with Crippen molar-refractivity contribution in [3.63, 3.8) is 0 Å². The predicted molar refractivity (Wildman–Crippen MR) is 70.8 cm³/mol. The molecule has 0 amide bonds. The molecule has 17 heavy (non-hydrogen) atoms. The third-order valence-electron chi connectivity index (χ3n) is 3.02. The molecule has 2 heteroatoms. The second kappa shape index (κ2) is 3.91. The van der Waals surface area contributed by atoms with Crippen molar-refractivity contribution in [2.75, 3.05) is 0 Å².